The zero-order valence-corrected chi connectivity index (χ0v) is 19.8. The molecule has 5 rings (SSSR count). The molecule has 0 spiro atoms. The number of benzene rings is 2. The molecule has 8 heteroatoms. The maximum Gasteiger partial charge on any atom is 0.419 e. The van der Waals surface area contributed by atoms with Crippen molar-refractivity contribution in [1.82, 2.24) is 14.8 Å². The Labute approximate surface area is 203 Å². The number of aryl methyl sites for hydroxylation is 1. The minimum absolute atomic E-state index is 0.0312. The molecule has 2 aromatic carbocycles. The summed E-state index contributed by atoms with van der Waals surface area (Å²) in [7, 11) is 1.70. The number of nitrogens with one attached hydrogen (secondary N) is 1. The highest BCUT2D eigenvalue weighted by molar-refractivity contribution is 5.83. The van der Waals surface area contributed by atoms with Crippen LogP contribution in [0.1, 0.15) is 47.9 Å². The smallest absolute Gasteiger partial charge is 0.408 e. The fourth-order valence-corrected chi connectivity index (χ4v) is 5.32. The second-order valence-corrected chi connectivity index (χ2v) is 10.1. The van der Waals surface area contributed by atoms with Crippen molar-refractivity contribution in [3.05, 3.63) is 69.2 Å². The molecule has 1 amide bonds. The summed E-state index contributed by atoms with van der Waals surface area (Å²) in [6.45, 7) is 1.82. The Morgan fingerprint density at radius 1 is 1.23 bits per heavy atom. The Morgan fingerprint density at radius 2 is 2.03 bits per heavy atom. The van der Waals surface area contributed by atoms with E-state index in [2.05, 4.69) is 16.3 Å². The van der Waals surface area contributed by atoms with E-state index < -0.39 is 12.1 Å². The van der Waals surface area contributed by atoms with Crippen molar-refractivity contribution < 1.29 is 13.6 Å². The first kappa shape index (κ1) is 23.3. The first-order chi connectivity index (χ1) is 16.9. The lowest BCUT2D eigenvalue weighted by atomic mass is 9.80. The van der Waals surface area contributed by atoms with Crippen LogP contribution in [0.2, 0.25) is 0 Å². The van der Waals surface area contributed by atoms with Gasteiger partial charge in [0.25, 0.3) is 0 Å². The van der Waals surface area contributed by atoms with Gasteiger partial charge in [0.2, 0.25) is 5.91 Å². The lowest BCUT2D eigenvalue weighted by molar-refractivity contribution is -0.131. The number of amides is 1. The van der Waals surface area contributed by atoms with Gasteiger partial charge in [0, 0.05) is 26.7 Å². The van der Waals surface area contributed by atoms with Gasteiger partial charge in [-0.3, -0.25) is 14.3 Å². The molecule has 1 saturated heterocycles. The van der Waals surface area contributed by atoms with Crippen LogP contribution in [0.5, 0.6) is 0 Å². The zero-order valence-electron chi connectivity index (χ0n) is 19.8. The summed E-state index contributed by atoms with van der Waals surface area (Å²) in [5, 5.41) is 12.3. The van der Waals surface area contributed by atoms with Crippen LogP contribution in [0.4, 0.5) is 4.39 Å². The monoisotopic (exact) mass is 476 g/mol. The van der Waals surface area contributed by atoms with Gasteiger partial charge in [-0.25, -0.2) is 9.18 Å². The molecule has 1 atom stereocenters. The highest BCUT2D eigenvalue weighted by Crippen LogP contribution is 2.45. The maximum absolute atomic E-state index is 13.5. The molecule has 35 heavy (non-hydrogen) atoms. The minimum atomic E-state index is -0.643. The number of oxazole rings is 1. The molecular formula is C27H29FN4O3. The summed E-state index contributed by atoms with van der Waals surface area (Å²) in [5.41, 5.74) is 3.53. The van der Waals surface area contributed by atoms with Crippen molar-refractivity contribution in [3.8, 4) is 6.07 Å². The highest BCUT2D eigenvalue weighted by Gasteiger charge is 2.47. The molecule has 0 bridgehead atoms. The molecule has 1 unspecified atom stereocenters. The molecule has 182 valence electrons. The average Bonchev–Trinajstić information content (AvgIpc) is 3.52. The topological polar surface area (TPSA) is 91.3 Å². The summed E-state index contributed by atoms with van der Waals surface area (Å²) < 4.78 is 19.9. The molecule has 2 fully saturated rings. The number of aromatic nitrogens is 1. The molecule has 1 aliphatic heterocycles. The molecule has 7 nitrogen and oxygen atoms in total. The van der Waals surface area contributed by atoms with E-state index in [4.69, 9.17) is 4.42 Å². The van der Waals surface area contributed by atoms with Gasteiger partial charge < -0.3 is 9.73 Å². The molecule has 0 radical (unpaired) electrons. The Hall–Kier alpha value is -3.44. The average molecular weight is 477 g/mol. The normalized spacial score (nSPS) is 20.3. The molecule has 1 aliphatic carbocycles. The second kappa shape index (κ2) is 9.31. The van der Waals surface area contributed by atoms with Crippen LogP contribution in [0.25, 0.3) is 11.1 Å². The molecule has 2 heterocycles. The molecule has 3 aromatic rings. The summed E-state index contributed by atoms with van der Waals surface area (Å²) in [5.74, 6) is 0.249. The van der Waals surface area contributed by atoms with E-state index in [0.717, 1.165) is 36.0 Å². The van der Waals surface area contributed by atoms with Crippen LogP contribution in [-0.4, -0.2) is 28.5 Å². The highest BCUT2D eigenvalue weighted by atomic mass is 19.1. The van der Waals surface area contributed by atoms with Crippen LogP contribution in [-0.2, 0) is 31.6 Å². The summed E-state index contributed by atoms with van der Waals surface area (Å²) in [6.07, 6.45) is 4.00. The summed E-state index contributed by atoms with van der Waals surface area (Å²) >= 11 is 0. The third kappa shape index (κ3) is 4.87. The van der Waals surface area contributed by atoms with Gasteiger partial charge in [0.1, 0.15) is 6.67 Å². The predicted molar refractivity (Wildman–Crippen MR) is 129 cm³/mol. The molecule has 1 saturated carbocycles. The SMILES string of the molecule is Cn1c(=O)oc2ccc(CN3CCC(CC4CC4)(C(=O)NCc4cc(C#N)cc(CF)c4)C3)cc21. The Morgan fingerprint density at radius 3 is 2.77 bits per heavy atom. The number of fused-ring (bicyclic) bond motifs is 1. The van der Waals surface area contributed by atoms with Gasteiger partial charge in [-0.1, -0.05) is 25.0 Å². The first-order valence-electron chi connectivity index (χ1n) is 12.1. The Bertz CT molecular complexity index is 1370. The number of nitriles is 1. The van der Waals surface area contributed by atoms with Gasteiger partial charge in [-0.2, -0.15) is 5.26 Å². The number of nitrogens with zero attached hydrogens (tertiary/aromatic N) is 3. The van der Waals surface area contributed by atoms with Gasteiger partial charge in [0.15, 0.2) is 5.58 Å². The van der Waals surface area contributed by atoms with Crippen LogP contribution >= 0.6 is 0 Å². The third-order valence-corrected chi connectivity index (χ3v) is 7.34. The van der Waals surface area contributed by atoms with Crippen molar-refractivity contribution in [2.75, 3.05) is 13.1 Å². The standard InChI is InChI=1S/C27H29FN4O3/c1-31-23-11-19(4-5-24(23)35-26(31)34)16-32-7-6-27(17-32,12-18-2-3-18)25(33)30-15-22-9-20(13-28)8-21(10-22)14-29/h4-5,8-11,18H,2-3,6-7,12-13,15-17H2,1H3,(H,30,33). The molecular weight excluding hydrogens is 447 g/mol. The van der Waals surface area contributed by atoms with Crippen LogP contribution in [0.15, 0.2) is 45.6 Å². The van der Waals surface area contributed by atoms with Gasteiger partial charge >= 0.3 is 5.76 Å². The van der Waals surface area contributed by atoms with E-state index in [9.17, 15) is 19.2 Å². The maximum atomic E-state index is 13.5. The molecule has 1 N–H and O–H groups in total. The van der Waals surface area contributed by atoms with Gasteiger partial charge in [-0.05, 0) is 66.3 Å². The number of hydrogen-bond acceptors (Lipinski definition) is 5. The van der Waals surface area contributed by atoms with Crippen LogP contribution in [0.3, 0.4) is 0 Å². The van der Waals surface area contributed by atoms with E-state index in [0.29, 0.717) is 35.7 Å². The number of halogens is 1. The number of likely N-dealkylation sites (tertiary alicyclic amines) is 1. The van der Waals surface area contributed by atoms with E-state index in [1.165, 1.54) is 23.5 Å². The third-order valence-electron chi connectivity index (χ3n) is 7.34. The van der Waals surface area contributed by atoms with E-state index in [1.54, 1.807) is 19.2 Å². The largest absolute Gasteiger partial charge is 0.419 e. The molecule has 2 aliphatic rings. The number of hydrogen-bond donors (Lipinski definition) is 1. The van der Waals surface area contributed by atoms with Gasteiger partial charge in [-0.15, -0.1) is 0 Å². The van der Waals surface area contributed by atoms with Crippen molar-refractivity contribution in [2.45, 2.75) is 45.4 Å². The fraction of sp³-hybridized carbons (Fsp3) is 0.444. The summed E-state index contributed by atoms with van der Waals surface area (Å²) in [4.78, 5) is 27.6. The van der Waals surface area contributed by atoms with Gasteiger partial charge in [0.05, 0.1) is 22.6 Å². The van der Waals surface area contributed by atoms with Crippen LogP contribution < -0.4 is 11.1 Å². The number of carbonyl (C=O) groups excluding carboxylic acids is 1. The van der Waals surface area contributed by atoms with Crippen molar-refractivity contribution >= 4 is 17.0 Å². The van der Waals surface area contributed by atoms with E-state index in [1.807, 2.05) is 18.2 Å². The van der Waals surface area contributed by atoms with E-state index in [-0.39, 0.29) is 18.2 Å². The Kier molecular flexibility index (Phi) is 6.20. The molecule has 1 aromatic heterocycles. The number of rotatable bonds is 8. The van der Waals surface area contributed by atoms with Crippen molar-refractivity contribution in [1.29, 1.82) is 5.26 Å². The van der Waals surface area contributed by atoms with E-state index >= 15 is 0 Å². The number of alkyl halides is 1. The van der Waals surface area contributed by atoms with Crippen LogP contribution in [0, 0.1) is 22.7 Å². The van der Waals surface area contributed by atoms with Crippen molar-refractivity contribution in [3.63, 3.8) is 0 Å². The minimum Gasteiger partial charge on any atom is -0.408 e. The zero-order chi connectivity index (χ0) is 24.6. The lowest BCUT2D eigenvalue weighted by Crippen LogP contribution is -2.43. The quantitative estimate of drug-likeness (QED) is 0.534. The second-order valence-electron chi connectivity index (χ2n) is 10.1. The number of carbonyl (C=O) groups is 1. The fourth-order valence-electron chi connectivity index (χ4n) is 5.32. The Balaban J connectivity index is 1.29. The lowest BCUT2D eigenvalue weighted by Gasteiger charge is -2.28. The first-order valence-corrected chi connectivity index (χ1v) is 12.1. The predicted octanol–water partition coefficient (Wildman–Crippen LogP) is 3.78. The summed E-state index contributed by atoms with van der Waals surface area (Å²) in [6, 6.07) is 12.8. The van der Waals surface area contributed by atoms with Crippen molar-refractivity contribution in [2.24, 2.45) is 18.4 Å².